The van der Waals surface area contributed by atoms with Crippen molar-refractivity contribution in [2.24, 2.45) is 5.92 Å². The van der Waals surface area contributed by atoms with Crippen molar-refractivity contribution in [3.63, 3.8) is 0 Å². The second kappa shape index (κ2) is 10.2. The van der Waals surface area contributed by atoms with Gasteiger partial charge in [0.2, 0.25) is 5.91 Å². The first-order chi connectivity index (χ1) is 14.4. The summed E-state index contributed by atoms with van der Waals surface area (Å²) in [5, 5.41) is 2.88. The summed E-state index contributed by atoms with van der Waals surface area (Å²) >= 11 is 0. The van der Waals surface area contributed by atoms with Crippen LogP contribution in [-0.2, 0) is 11.2 Å². The molecule has 0 spiro atoms. The highest BCUT2D eigenvalue weighted by Crippen LogP contribution is 2.17. The second-order valence-corrected chi connectivity index (χ2v) is 8.13. The number of carbonyl (C=O) groups excluding carboxylic acids is 2. The summed E-state index contributed by atoms with van der Waals surface area (Å²) in [5.74, 6) is 0.419. The van der Waals surface area contributed by atoms with Crippen molar-refractivity contribution in [2.45, 2.75) is 39.2 Å². The molecule has 1 heterocycles. The molecule has 160 valence electrons. The minimum atomic E-state index is -0.525. The maximum atomic E-state index is 13.8. The van der Waals surface area contributed by atoms with Crippen molar-refractivity contribution in [1.29, 1.82) is 0 Å². The van der Waals surface area contributed by atoms with Gasteiger partial charge in [0, 0.05) is 19.1 Å². The van der Waals surface area contributed by atoms with E-state index in [9.17, 15) is 14.0 Å². The van der Waals surface area contributed by atoms with Crippen LogP contribution < -0.4 is 10.1 Å². The van der Waals surface area contributed by atoms with Gasteiger partial charge in [-0.3, -0.25) is 9.59 Å². The van der Waals surface area contributed by atoms with Gasteiger partial charge in [-0.25, -0.2) is 4.39 Å². The lowest BCUT2D eigenvalue weighted by Crippen LogP contribution is -2.47. The van der Waals surface area contributed by atoms with E-state index in [0.717, 1.165) is 11.3 Å². The van der Waals surface area contributed by atoms with Crippen LogP contribution in [0.4, 0.5) is 4.39 Å². The quantitative estimate of drug-likeness (QED) is 0.752. The zero-order chi connectivity index (χ0) is 21.5. The van der Waals surface area contributed by atoms with E-state index in [1.165, 1.54) is 12.1 Å². The molecule has 0 bridgehead atoms. The third-order valence-corrected chi connectivity index (χ3v) is 5.16. The van der Waals surface area contributed by atoms with Crippen molar-refractivity contribution < 1.29 is 18.7 Å². The van der Waals surface area contributed by atoms with Gasteiger partial charge in [0.25, 0.3) is 5.91 Å². The van der Waals surface area contributed by atoms with E-state index in [4.69, 9.17) is 4.74 Å². The number of ether oxygens (including phenoxy) is 1. The molecular weight excluding hydrogens is 383 g/mol. The molecule has 2 aromatic rings. The zero-order valence-electron chi connectivity index (χ0n) is 17.6. The highest BCUT2D eigenvalue weighted by atomic mass is 19.1. The minimum Gasteiger partial charge on any atom is -0.493 e. The summed E-state index contributed by atoms with van der Waals surface area (Å²) in [6.45, 7) is 6.02. The Morgan fingerprint density at radius 3 is 2.40 bits per heavy atom. The van der Waals surface area contributed by atoms with Gasteiger partial charge in [-0.15, -0.1) is 0 Å². The summed E-state index contributed by atoms with van der Waals surface area (Å²) in [6, 6.07) is 13.5. The Kier molecular flexibility index (Phi) is 7.44. The maximum absolute atomic E-state index is 13.8. The molecule has 0 aromatic heterocycles. The van der Waals surface area contributed by atoms with E-state index < -0.39 is 11.7 Å². The van der Waals surface area contributed by atoms with Crippen LogP contribution in [-0.4, -0.2) is 42.5 Å². The SMILES string of the molecule is CC(C)COc1ccc(CC(=O)N2CCC(NC(=O)c3ccccc3F)CC2)cc1. The van der Waals surface area contributed by atoms with Gasteiger partial charge in [0.15, 0.2) is 0 Å². The van der Waals surface area contributed by atoms with E-state index in [0.29, 0.717) is 44.9 Å². The number of halogens is 1. The molecule has 1 saturated heterocycles. The Bertz CT molecular complexity index is 859. The predicted octanol–water partition coefficient (Wildman–Crippen LogP) is 3.82. The van der Waals surface area contributed by atoms with E-state index >= 15 is 0 Å². The molecule has 2 aromatic carbocycles. The Morgan fingerprint density at radius 2 is 1.77 bits per heavy atom. The van der Waals surface area contributed by atoms with Crippen molar-refractivity contribution in [1.82, 2.24) is 10.2 Å². The van der Waals surface area contributed by atoms with Gasteiger partial charge in [-0.05, 0) is 48.6 Å². The van der Waals surface area contributed by atoms with E-state index in [-0.39, 0.29) is 17.5 Å². The van der Waals surface area contributed by atoms with Crippen LogP contribution in [0.5, 0.6) is 5.75 Å². The molecule has 1 N–H and O–H groups in total. The number of benzene rings is 2. The molecule has 2 amide bonds. The number of nitrogens with zero attached hydrogens (tertiary/aromatic N) is 1. The smallest absolute Gasteiger partial charge is 0.254 e. The highest BCUT2D eigenvalue weighted by Gasteiger charge is 2.24. The molecule has 0 unspecified atom stereocenters. The number of rotatable bonds is 7. The second-order valence-electron chi connectivity index (χ2n) is 8.13. The molecule has 5 nitrogen and oxygen atoms in total. The Morgan fingerprint density at radius 1 is 1.10 bits per heavy atom. The van der Waals surface area contributed by atoms with Crippen molar-refractivity contribution in [3.8, 4) is 5.75 Å². The first-order valence-electron chi connectivity index (χ1n) is 10.5. The standard InChI is InChI=1S/C24H29FN2O3/c1-17(2)16-30-20-9-7-18(8-10-20)15-23(28)27-13-11-19(12-14-27)26-24(29)21-5-3-4-6-22(21)25/h3-10,17,19H,11-16H2,1-2H3,(H,26,29). The monoisotopic (exact) mass is 412 g/mol. The molecule has 6 heteroatoms. The Labute approximate surface area is 177 Å². The van der Waals surface area contributed by atoms with Gasteiger partial charge in [0.1, 0.15) is 11.6 Å². The van der Waals surface area contributed by atoms with Gasteiger partial charge in [-0.1, -0.05) is 38.1 Å². The molecule has 3 rings (SSSR count). The minimum absolute atomic E-state index is 0.0526. The van der Waals surface area contributed by atoms with E-state index in [2.05, 4.69) is 19.2 Å². The van der Waals surface area contributed by atoms with Crippen molar-refractivity contribution in [2.75, 3.05) is 19.7 Å². The third-order valence-electron chi connectivity index (χ3n) is 5.16. The summed E-state index contributed by atoms with van der Waals surface area (Å²) in [4.78, 5) is 26.7. The topological polar surface area (TPSA) is 58.6 Å². The molecule has 0 radical (unpaired) electrons. The molecule has 30 heavy (non-hydrogen) atoms. The summed E-state index contributed by atoms with van der Waals surface area (Å²) < 4.78 is 19.4. The zero-order valence-corrected chi connectivity index (χ0v) is 17.6. The lowest BCUT2D eigenvalue weighted by Gasteiger charge is -2.32. The lowest BCUT2D eigenvalue weighted by atomic mass is 10.0. The van der Waals surface area contributed by atoms with Gasteiger partial charge in [0.05, 0.1) is 18.6 Å². The van der Waals surface area contributed by atoms with Crippen LogP contribution in [0.2, 0.25) is 0 Å². The molecular formula is C24H29FN2O3. The molecule has 0 saturated carbocycles. The number of hydrogen-bond acceptors (Lipinski definition) is 3. The predicted molar refractivity (Wildman–Crippen MR) is 114 cm³/mol. The Hall–Kier alpha value is -2.89. The number of hydrogen-bond donors (Lipinski definition) is 1. The van der Waals surface area contributed by atoms with Crippen LogP contribution in [0, 0.1) is 11.7 Å². The van der Waals surface area contributed by atoms with Crippen LogP contribution in [0.1, 0.15) is 42.6 Å². The number of likely N-dealkylation sites (tertiary alicyclic amines) is 1. The number of piperidine rings is 1. The fourth-order valence-electron chi connectivity index (χ4n) is 3.43. The summed E-state index contributed by atoms with van der Waals surface area (Å²) in [7, 11) is 0. The number of carbonyl (C=O) groups is 2. The number of nitrogens with one attached hydrogen (secondary N) is 1. The van der Waals surface area contributed by atoms with Gasteiger partial charge in [-0.2, -0.15) is 0 Å². The largest absolute Gasteiger partial charge is 0.493 e. The molecule has 1 aliphatic rings. The van der Waals surface area contributed by atoms with Crippen LogP contribution in [0.3, 0.4) is 0 Å². The van der Waals surface area contributed by atoms with Crippen molar-refractivity contribution in [3.05, 3.63) is 65.5 Å². The van der Waals surface area contributed by atoms with Gasteiger partial charge < -0.3 is 15.0 Å². The van der Waals surface area contributed by atoms with E-state index in [1.807, 2.05) is 29.2 Å². The highest BCUT2D eigenvalue weighted by molar-refractivity contribution is 5.94. The first kappa shape index (κ1) is 21.8. The normalized spacial score (nSPS) is 14.6. The summed E-state index contributed by atoms with van der Waals surface area (Å²) in [6.07, 6.45) is 1.67. The van der Waals surface area contributed by atoms with Crippen LogP contribution >= 0.6 is 0 Å². The lowest BCUT2D eigenvalue weighted by molar-refractivity contribution is -0.131. The molecule has 0 atom stereocenters. The van der Waals surface area contributed by atoms with Crippen LogP contribution in [0.15, 0.2) is 48.5 Å². The molecule has 1 aliphatic heterocycles. The number of amides is 2. The maximum Gasteiger partial charge on any atom is 0.254 e. The average Bonchev–Trinajstić information content (AvgIpc) is 2.74. The molecule has 0 aliphatic carbocycles. The van der Waals surface area contributed by atoms with Crippen LogP contribution in [0.25, 0.3) is 0 Å². The Balaban J connectivity index is 1.45. The third kappa shape index (κ3) is 6.05. The summed E-state index contributed by atoms with van der Waals surface area (Å²) in [5.41, 5.74) is 1.00. The van der Waals surface area contributed by atoms with E-state index in [1.54, 1.807) is 12.1 Å². The first-order valence-corrected chi connectivity index (χ1v) is 10.5. The molecule has 1 fully saturated rings. The van der Waals surface area contributed by atoms with Crippen molar-refractivity contribution >= 4 is 11.8 Å². The van der Waals surface area contributed by atoms with Gasteiger partial charge >= 0.3 is 0 Å². The fraction of sp³-hybridized carbons (Fsp3) is 0.417. The average molecular weight is 413 g/mol. The fourth-order valence-corrected chi connectivity index (χ4v) is 3.43.